The minimum atomic E-state index is -0.0549. The van der Waals surface area contributed by atoms with Crippen LogP contribution in [0.1, 0.15) is 42.2 Å². The third-order valence-electron chi connectivity index (χ3n) is 4.61. The van der Waals surface area contributed by atoms with E-state index in [1.807, 2.05) is 24.3 Å². The summed E-state index contributed by atoms with van der Waals surface area (Å²) in [5, 5.41) is 5.28. The Morgan fingerprint density at radius 1 is 1.22 bits per heavy atom. The number of amides is 1. The summed E-state index contributed by atoms with van der Waals surface area (Å²) in [5.41, 5.74) is 1.13. The van der Waals surface area contributed by atoms with Gasteiger partial charge in [0.2, 0.25) is 5.91 Å². The highest BCUT2D eigenvalue weighted by Gasteiger charge is 2.23. The van der Waals surface area contributed by atoms with Crippen molar-refractivity contribution in [3.8, 4) is 0 Å². The Bertz CT molecular complexity index is 606. The van der Waals surface area contributed by atoms with Crippen LogP contribution in [-0.2, 0) is 4.79 Å². The Kier molecular flexibility index (Phi) is 5.47. The van der Waals surface area contributed by atoms with E-state index in [2.05, 4.69) is 40.8 Å². The van der Waals surface area contributed by atoms with Gasteiger partial charge in [0.1, 0.15) is 0 Å². The van der Waals surface area contributed by atoms with Crippen molar-refractivity contribution in [1.29, 1.82) is 0 Å². The smallest absolute Gasteiger partial charge is 0.234 e. The molecule has 1 aromatic carbocycles. The molecule has 1 N–H and O–H groups in total. The Morgan fingerprint density at radius 2 is 1.96 bits per heavy atom. The maximum absolute atomic E-state index is 12.5. The largest absolute Gasteiger partial charge is 0.343 e. The normalized spacial score (nSPS) is 16.6. The molecule has 0 saturated heterocycles. The zero-order valence-electron chi connectivity index (χ0n) is 13.6. The highest BCUT2D eigenvalue weighted by Crippen LogP contribution is 2.26. The van der Waals surface area contributed by atoms with Crippen molar-refractivity contribution in [3.63, 3.8) is 0 Å². The molecule has 0 radical (unpaired) electrons. The molecule has 1 aliphatic rings. The number of hydrogen-bond acceptors (Lipinski definition) is 3. The van der Waals surface area contributed by atoms with Gasteiger partial charge in [-0.05, 0) is 36.9 Å². The maximum Gasteiger partial charge on any atom is 0.234 e. The molecule has 0 bridgehead atoms. The minimum absolute atomic E-state index is 0.0549. The summed E-state index contributed by atoms with van der Waals surface area (Å²) in [6.07, 6.45) is 5.02. The van der Waals surface area contributed by atoms with Gasteiger partial charge in [-0.15, -0.1) is 11.3 Å². The predicted octanol–water partition coefficient (Wildman–Crippen LogP) is 3.83. The maximum atomic E-state index is 12.5. The number of benzene rings is 1. The highest BCUT2D eigenvalue weighted by molar-refractivity contribution is 7.10. The molecule has 1 aliphatic carbocycles. The first-order valence-corrected chi connectivity index (χ1v) is 9.20. The van der Waals surface area contributed by atoms with E-state index in [4.69, 9.17) is 0 Å². The molecule has 1 saturated carbocycles. The van der Waals surface area contributed by atoms with Crippen LogP contribution in [0.3, 0.4) is 0 Å². The topological polar surface area (TPSA) is 32.3 Å². The molecular weight excluding hydrogens is 304 g/mol. The fraction of sp³-hybridized carbons (Fsp3) is 0.421. The number of carbonyl (C=O) groups is 1. The van der Waals surface area contributed by atoms with E-state index in [1.54, 1.807) is 11.3 Å². The number of likely N-dealkylation sites (N-methyl/N-ethyl adjacent to an activating group) is 1. The second-order valence-electron chi connectivity index (χ2n) is 6.28. The molecule has 122 valence electrons. The SMILES string of the molecule is CN(CC(=O)N[C@H](c1ccccc1)c1cccs1)C1CCCC1. The quantitative estimate of drug-likeness (QED) is 0.874. The van der Waals surface area contributed by atoms with E-state index in [1.165, 1.54) is 30.6 Å². The van der Waals surface area contributed by atoms with Crippen LogP contribution in [0.15, 0.2) is 47.8 Å². The van der Waals surface area contributed by atoms with Crippen LogP contribution in [0.25, 0.3) is 0 Å². The van der Waals surface area contributed by atoms with Crippen LogP contribution in [0.5, 0.6) is 0 Å². The first kappa shape index (κ1) is 16.2. The average Bonchev–Trinajstić information content (AvgIpc) is 3.26. The van der Waals surface area contributed by atoms with Crippen molar-refractivity contribution < 1.29 is 4.79 Å². The second-order valence-corrected chi connectivity index (χ2v) is 7.26. The zero-order valence-corrected chi connectivity index (χ0v) is 14.4. The lowest BCUT2D eigenvalue weighted by atomic mass is 10.1. The van der Waals surface area contributed by atoms with Gasteiger partial charge >= 0.3 is 0 Å². The fourth-order valence-electron chi connectivity index (χ4n) is 3.33. The van der Waals surface area contributed by atoms with Crippen LogP contribution in [-0.4, -0.2) is 30.4 Å². The lowest BCUT2D eigenvalue weighted by Crippen LogP contribution is -2.41. The van der Waals surface area contributed by atoms with Gasteiger partial charge in [0.05, 0.1) is 12.6 Å². The van der Waals surface area contributed by atoms with Crippen molar-refractivity contribution in [3.05, 3.63) is 58.3 Å². The summed E-state index contributed by atoms with van der Waals surface area (Å²) in [5.74, 6) is 0.0988. The molecule has 0 aliphatic heterocycles. The molecular formula is C19H24N2OS. The summed E-state index contributed by atoms with van der Waals surface area (Å²) < 4.78 is 0. The predicted molar refractivity (Wildman–Crippen MR) is 95.6 cm³/mol. The molecule has 1 atom stereocenters. The third kappa shape index (κ3) is 4.21. The van der Waals surface area contributed by atoms with Gasteiger partial charge in [0.15, 0.2) is 0 Å². The van der Waals surface area contributed by atoms with E-state index < -0.39 is 0 Å². The van der Waals surface area contributed by atoms with Crippen LogP contribution >= 0.6 is 11.3 Å². The summed E-state index contributed by atoms with van der Waals surface area (Å²) in [6, 6.07) is 14.8. The van der Waals surface area contributed by atoms with E-state index in [-0.39, 0.29) is 11.9 Å². The molecule has 1 heterocycles. The Balaban J connectivity index is 1.67. The van der Waals surface area contributed by atoms with Gasteiger partial charge in [-0.2, -0.15) is 0 Å². The third-order valence-corrected chi connectivity index (χ3v) is 5.54. The van der Waals surface area contributed by atoms with E-state index >= 15 is 0 Å². The molecule has 3 nitrogen and oxygen atoms in total. The molecule has 0 unspecified atom stereocenters. The van der Waals surface area contributed by atoms with E-state index in [0.29, 0.717) is 12.6 Å². The fourth-order valence-corrected chi connectivity index (χ4v) is 4.13. The Morgan fingerprint density at radius 3 is 2.61 bits per heavy atom. The lowest BCUT2D eigenvalue weighted by molar-refractivity contribution is -0.122. The molecule has 2 aromatic rings. The number of nitrogens with zero attached hydrogens (tertiary/aromatic N) is 1. The Labute approximate surface area is 142 Å². The molecule has 1 fully saturated rings. The summed E-state index contributed by atoms with van der Waals surface area (Å²) in [6.45, 7) is 0.472. The molecule has 3 rings (SSSR count). The molecule has 1 amide bonds. The van der Waals surface area contributed by atoms with Crippen molar-refractivity contribution in [2.75, 3.05) is 13.6 Å². The van der Waals surface area contributed by atoms with E-state index in [9.17, 15) is 4.79 Å². The first-order valence-electron chi connectivity index (χ1n) is 8.32. The summed E-state index contributed by atoms with van der Waals surface area (Å²) >= 11 is 1.68. The number of thiophene rings is 1. The molecule has 0 spiro atoms. The van der Waals surface area contributed by atoms with Gasteiger partial charge in [-0.3, -0.25) is 9.69 Å². The number of rotatable bonds is 6. The minimum Gasteiger partial charge on any atom is -0.343 e. The molecule has 4 heteroatoms. The highest BCUT2D eigenvalue weighted by atomic mass is 32.1. The van der Waals surface area contributed by atoms with Crippen molar-refractivity contribution >= 4 is 17.2 Å². The van der Waals surface area contributed by atoms with Crippen LogP contribution < -0.4 is 5.32 Å². The van der Waals surface area contributed by atoms with Crippen molar-refractivity contribution in [2.24, 2.45) is 0 Å². The standard InChI is InChI=1S/C19H24N2OS/c1-21(16-10-5-6-11-16)14-18(22)20-19(17-12-7-13-23-17)15-8-3-2-4-9-15/h2-4,7-9,12-13,16,19H,5-6,10-11,14H2,1H3,(H,20,22)/t19-/m1/s1. The average molecular weight is 328 g/mol. The van der Waals surface area contributed by atoms with Gasteiger partial charge < -0.3 is 5.32 Å². The lowest BCUT2D eigenvalue weighted by Gasteiger charge is -2.25. The zero-order chi connectivity index (χ0) is 16.1. The monoisotopic (exact) mass is 328 g/mol. The number of nitrogens with one attached hydrogen (secondary N) is 1. The van der Waals surface area contributed by atoms with Gasteiger partial charge in [-0.1, -0.05) is 49.2 Å². The second kappa shape index (κ2) is 7.75. The first-order chi connectivity index (χ1) is 11.2. The molecule has 23 heavy (non-hydrogen) atoms. The van der Waals surface area contributed by atoms with Gasteiger partial charge in [-0.25, -0.2) is 0 Å². The molecule has 1 aromatic heterocycles. The van der Waals surface area contributed by atoms with Crippen molar-refractivity contribution in [1.82, 2.24) is 10.2 Å². The summed E-state index contributed by atoms with van der Waals surface area (Å²) in [4.78, 5) is 15.9. The van der Waals surface area contributed by atoms with Crippen LogP contribution in [0.2, 0.25) is 0 Å². The van der Waals surface area contributed by atoms with Gasteiger partial charge in [0.25, 0.3) is 0 Å². The van der Waals surface area contributed by atoms with E-state index in [0.717, 1.165) is 5.56 Å². The number of hydrogen-bond donors (Lipinski definition) is 1. The Hall–Kier alpha value is -1.65. The van der Waals surface area contributed by atoms with Crippen LogP contribution in [0, 0.1) is 0 Å². The van der Waals surface area contributed by atoms with Gasteiger partial charge in [0, 0.05) is 10.9 Å². The summed E-state index contributed by atoms with van der Waals surface area (Å²) in [7, 11) is 2.07. The number of carbonyl (C=O) groups excluding carboxylic acids is 1. The van der Waals surface area contributed by atoms with Crippen molar-refractivity contribution in [2.45, 2.75) is 37.8 Å². The van der Waals surface area contributed by atoms with Crippen LogP contribution in [0.4, 0.5) is 0 Å².